The van der Waals surface area contributed by atoms with E-state index in [-0.39, 0.29) is 29.7 Å². The van der Waals surface area contributed by atoms with Gasteiger partial charge in [-0.3, -0.25) is 0 Å². The lowest BCUT2D eigenvalue weighted by atomic mass is 9.92. The summed E-state index contributed by atoms with van der Waals surface area (Å²) < 4.78 is 5.25. The van der Waals surface area contributed by atoms with Crippen molar-refractivity contribution in [1.29, 1.82) is 0 Å². The highest BCUT2D eigenvalue weighted by Gasteiger charge is 2.26. The largest absolute Gasteiger partial charge is 0.508 e. The molecule has 0 spiro atoms. The van der Waals surface area contributed by atoms with Gasteiger partial charge in [-0.2, -0.15) is 0 Å². The van der Waals surface area contributed by atoms with Crippen LogP contribution in [0, 0.1) is 0 Å². The van der Waals surface area contributed by atoms with Crippen molar-refractivity contribution in [3.8, 4) is 11.5 Å². The zero-order valence-electron chi connectivity index (χ0n) is 17.8. The number of hydrogen-bond acceptors (Lipinski definition) is 4. The molecule has 1 aromatic carbocycles. The molecule has 1 aliphatic heterocycles. The lowest BCUT2D eigenvalue weighted by Gasteiger charge is -2.39. The Labute approximate surface area is 192 Å². The molecule has 0 radical (unpaired) electrons. The molecule has 1 aromatic rings. The fourth-order valence-corrected chi connectivity index (χ4v) is 4.35. The van der Waals surface area contributed by atoms with Gasteiger partial charge in [0, 0.05) is 37.3 Å². The maximum Gasteiger partial charge on any atom is 0.191 e. The molecule has 1 saturated carbocycles. The number of aromatic hydroxyl groups is 1. The number of nitrogens with zero attached hydrogens (tertiary/aromatic N) is 2. The van der Waals surface area contributed by atoms with Crippen LogP contribution in [0.4, 0.5) is 0 Å². The van der Waals surface area contributed by atoms with Gasteiger partial charge in [-0.1, -0.05) is 19.3 Å². The van der Waals surface area contributed by atoms with Gasteiger partial charge in [0.1, 0.15) is 11.5 Å². The van der Waals surface area contributed by atoms with E-state index in [4.69, 9.17) is 4.74 Å². The number of hydrogen-bond donors (Lipinski definition) is 3. The Balaban J connectivity index is 0.00000300. The fourth-order valence-electron chi connectivity index (χ4n) is 4.35. The summed E-state index contributed by atoms with van der Waals surface area (Å²) in [6, 6.07) is 6.52. The van der Waals surface area contributed by atoms with Gasteiger partial charge in [-0.05, 0) is 50.8 Å². The highest BCUT2D eigenvalue weighted by atomic mass is 127. The van der Waals surface area contributed by atoms with Crippen LogP contribution in [0.3, 0.4) is 0 Å². The van der Waals surface area contributed by atoms with Gasteiger partial charge in [-0.25, -0.2) is 4.99 Å². The van der Waals surface area contributed by atoms with E-state index in [2.05, 4.69) is 27.4 Å². The van der Waals surface area contributed by atoms with Crippen LogP contribution in [0.1, 0.15) is 57.4 Å². The lowest BCUT2D eigenvalue weighted by molar-refractivity contribution is 0.119. The molecule has 7 heteroatoms. The van der Waals surface area contributed by atoms with E-state index >= 15 is 0 Å². The normalized spacial score (nSPS) is 19.4. The Hall–Kier alpha value is -1.22. The first-order chi connectivity index (χ1) is 13.7. The summed E-state index contributed by atoms with van der Waals surface area (Å²) >= 11 is 0. The third-order valence-electron chi connectivity index (χ3n) is 6.00. The number of piperidine rings is 1. The minimum Gasteiger partial charge on any atom is -0.508 e. The summed E-state index contributed by atoms with van der Waals surface area (Å²) in [4.78, 5) is 7.39. The average Bonchev–Trinajstić information content (AvgIpc) is 2.74. The topological polar surface area (TPSA) is 69.1 Å². The number of benzene rings is 1. The van der Waals surface area contributed by atoms with E-state index in [0.29, 0.717) is 12.6 Å². The van der Waals surface area contributed by atoms with Crippen LogP contribution < -0.4 is 15.4 Å². The quantitative estimate of drug-likeness (QED) is 0.304. The van der Waals surface area contributed by atoms with Gasteiger partial charge in [0.25, 0.3) is 0 Å². The van der Waals surface area contributed by atoms with Crippen LogP contribution in [-0.4, -0.2) is 54.8 Å². The first-order valence-electron chi connectivity index (χ1n) is 10.8. The molecular weight excluding hydrogens is 479 g/mol. The molecule has 29 heavy (non-hydrogen) atoms. The zero-order valence-corrected chi connectivity index (χ0v) is 20.2. The van der Waals surface area contributed by atoms with Crippen LogP contribution in [-0.2, 0) is 6.54 Å². The number of aliphatic imine (C=N–C) groups is 1. The maximum absolute atomic E-state index is 10.1. The number of methoxy groups -OCH3 is 1. The monoisotopic (exact) mass is 516 g/mol. The second-order valence-corrected chi connectivity index (χ2v) is 7.94. The number of phenolic OH excluding ortho intramolecular Hbond substituents is 1. The highest BCUT2D eigenvalue weighted by molar-refractivity contribution is 14.0. The standard InChI is InChI=1S/C22H36N4O2.HI/c1-3-23-22(24-16-17-15-20(28-2)9-10-21(17)27)25-18-11-13-26(14-12-18)19-7-5-4-6-8-19;/h9-10,15,18-19,27H,3-8,11-14,16H2,1-2H3,(H2,23,24,25);1H. The summed E-state index contributed by atoms with van der Waals surface area (Å²) in [5, 5.41) is 17.0. The zero-order chi connectivity index (χ0) is 19.8. The number of halogens is 1. The fraction of sp³-hybridized carbons (Fsp3) is 0.682. The number of guanidine groups is 1. The van der Waals surface area contributed by atoms with Crippen molar-refractivity contribution in [2.24, 2.45) is 4.99 Å². The molecule has 6 nitrogen and oxygen atoms in total. The van der Waals surface area contributed by atoms with Crippen molar-refractivity contribution in [1.82, 2.24) is 15.5 Å². The third-order valence-corrected chi connectivity index (χ3v) is 6.00. The Morgan fingerprint density at radius 2 is 1.90 bits per heavy atom. The first-order valence-corrected chi connectivity index (χ1v) is 10.8. The van der Waals surface area contributed by atoms with Gasteiger partial charge in [0.15, 0.2) is 5.96 Å². The smallest absolute Gasteiger partial charge is 0.191 e. The number of rotatable bonds is 6. The highest BCUT2D eigenvalue weighted by Crippen LogP contribution is 2.26. The molecule has 3 rings (SSSR count). The van der Waals surface area contributed by atoms with Crippen molar-refractivity contribution >= 4 is 29.9 Å². The van der Waals surface area contributed by atoms with Crippen LogP contribution in [0.25, 0.3) is 0 Å². The molecule has 3 N–H and O–H groups in total. The van der Waals surface area contributed by atoms with Gasteiger partial charge in [0.2, 0.25) is 0 Å². The molecule has 2 aliphatic rings. The average molecular weight is 516 g/mol. The van der Waals surface area contributed by atoms with Gasteiger partial charge >= 0.3 is 0 Å². The third kappa shape index (κ3) is 7.20. The van der Waals surface area contributed by atoms with Crippen LogP contribution in [0.5, 0.6) is 11.5 Å². The molecular formula is C22H37IN4O2. The molecule has 1 saturated heterocycles. The van der Waals surface area contributed by atoms with Gasteiger partial charge in [0.05, 0.1) is 13.7 Å². The molecule has 1 aliphatic carbocycles. The van der Waals surface area contributed by atoms with E-state index in [9.17, 15) is 5.11 Å². The summed E-state index contributed by atoms with van der Waals surface area (Å²) in [5.41, 5.74) is 0.767. The lowest BCUT2D eigenvalue weighted by Crippen LogP contribution is -2.50. The van der Waals surface area contributed by atoms with Gasteiger partial charge < -0.3 is 25.4 Å². The van der Waals surface area contributed by atoms with Crippen LogP contribution >= 0.6 is 24.0 Å². The van der Waals surface area contributed by atoms with E-state index < -0.39 is 0 Å². The Morgan fingerprint density at radius 1 is 1.17 bits per heavy atom. The summed E-state index contributed by atoms with van der Waals surface area (Å²) in [7, 11) is 1.63. The summed E-state index contributed by atoms with van der Waals surface area (Å²) in [5.74, 6) is 1.80. The maximum atomic E-state index is 10.1. The van der Waals surface area contributed by atoms with Crippen molar-refractivity contribution in [3.63, 3.8) is 0 Å². The molecule has 0 amide bonds. The van der Waals surface area contributed by atoms with Crippen molar-refractivity contribution in [2.75, 3.05) is 26.7 Å². The van der Waals surface area contributed by atoms with E-state index in [1.807, 2.05) is 6.07 Å². The second-order valence-electron chi connectivity index (χ2n) is 7.94. The van der Waals surface area contributed by atoms with Crippen molar-refractivity contribution in [3.05, 3.63) is 23.8 Å². The molecule has 0 unspecified atom stereocenters. The molecule has 1 heterocycles. The first kappa shape index (κ1) is 24.1. The van der Waals surface area contributed by atoms with Gasteiger partial charge in [-0.15, -0.1) is 24.0 Å². The van der Waals surface area contributed by atoms with E-state index in [1.165, 1.54) is 45.2 Å². The minimum absolute atomic E-state index is 0. The van der Waals surface area contributed by atoms with Crippen LogP contribution in [0.15, 0.2) is 23.2 Å². The van der Waals surface area contributed by atoms with E-state index in [0.717, 1.165) is 42.7 Å². The van der Waals surface area contributed by atoms with Crippen LogP contribution in [0.2, 0.25) is 0 Å². The number of likely N-dealkylation sites (tertiary alicyclic amines) is 1. The molecule has 164 valence electrons. The summed E-state index contributed by atoms with van der Waals surface area (Å²) in [6.45, 7) is 5.67. The summed E-state index contributed by atoms with van der Waals surface area (Å²) in [6.07, 6.45) is 9.29. The predicted octanol–water partition coefficient (Wildman–Crippen LogP) is 3.87. The van der Waals surface area contributed by atoms with E-state index in [1.54, 1.807) is 19.2 Å². The Kier molecular flexibility index (Phi) is 10.3. The van der Waals surface area contributed by atoms with Crippen molar-refractivity contribution < 1.29 is 9.84 Å². The number of phenols is 1. The number of ether oxygens (including phenoxy) is 1. The SMILES string of the molecule is CCNC(=NCc1cc(OC)ccc1O)NC1CCN(C2CCCCC2)CC1.I. The molecule has 0 atom stereocenters. The molecule has 0 bridgehead atoms. The Bertz CT molecular complexity index is 642. The molecule has 0 aromatic heterocycles. The minimum atomic E-state index is 0. The predicted molar refractivity (Wildman–Crippen MR) is 129 cm³/mol. The Morgan fingerprint density at radius 3 is 2.55 bits per heavy atom. The molecule has 2 fully saturated rings. The second kappa shape index (κ2) is 12.5. The number of nitrogens with one attached hydrogen (secondary N) is 2. The van der Waals surface area contributed by atoms with Crippen molar-refractivity contribution in [2.45, 2.75) is 70.5 Å².